The molecule has 0 spiro atoms. The van der Waals surface area contributed by atoms with Crippen LogP contribution < -0.4 is 9.47 Å². The second-order valence-electron chi connectivity index (χ2n) is 5.27. The maximum Gasteiger partial charge on any atom is 0.246 e. The Morgan fingerprint density at radius 2 is 1.75 bits per heavy atom. The molecule has 0 fully saturated rings. The molecule has 5 heteroatoms. The third kappa shape index (κ3) is 4.77. The lowest BCUT2D eigenvalue weighted by atomic mass is 10.1. The van der Waals surface area contributed by atoms with E-state index in [-0.39, 0.29) is 5.91 Å². The summed E-state index contributed by atoms with van der Waals surface area (Å²) in [5.41, 5.74) is 1.88. The van der Waals surface area contributed by atoms with Crippen LogP contribution in [0.2, 0.25) is 5.02 Å². The van der Waals surface area contributed by atoms with Crippen molar-refractivity contribution in [2.24, 2.45) is 0 Å². The molecule has 0 unspecified atom stereocenters. The lowest BCUT2D eigenvalue weighted by Gasteiger charge is -2.15. The summed E-state index contributed by atoms with van der Waals surface area (Å²) in [5.74, 6) is 1.20. The van der Waals surface area contributed by atoms with Crippen LogP contribution in [-0.2, 0) is 11.3 Å². The number of carbonyl (C=O) groups is 1. The van der Waals surface area contributed by atoms with Crippen LogP contribution >= 0.6 is 11.6 Å². The van der Waals surface area contributed by atoms with E-state index in [0.29, 0.717) is 23.1 Å². The van der Waals surface area contributed by atoms with Crippen molar-refractivity contribution >= 4 is 23.6 Å². The van der Waals surface area contributed by atoms with Gasteiger partial charge in [-0.25, -0.2) is 0 Å². The molecule has 0 aliphatic carbocycles. The number of carbonyl (C=O) groups excluding carboxylic acids is 1. The summed E-state index contributed by atoms with van der Waals surface area (Å²) in [6, 6.07) is 12.9. The number of amides is 1. The predicted molar refractivity (Wildman–Crippen MR) is 96.5 cm³/mol. The average molecular weight is 346 g/mol. The van der Waals surface area contributed by atoms with Crippen molar-refractivity contribution in [2.45, 2.75) is 6.54 Å². The van der Waals surface area contributed by atoms with Gasteiger partial charge in [0.15, 0.2) is 11.5 Å². The van der Waals surface area contributed by atoms with E-state index < -0.39 is 0 Å². The van der Waals surface area contributed by atoms with Gasteiger partial charge in [-0.2, -0.15) is 0 Å². The van der Waals surface area contributed by atoms with Crippen molar-refractivity contribution in [1.29, 1.82) is 0 Å². The third-order valence-corrected chi connectivity index (χ3v) is 3.79. The Morgan fingerprint density at radius 3 is 2.38 bits per heavy atom. The van der Waals surface area contributed by atoms with Gasteiger partial charge in [-0.05, 0) is 41.5 Å². The van der Waals surface area contributed by atoms with Crippen LogP contribution in [0.1, 0.15) is 11.1 Å². The number of hydrogen-bond donors (Lipinski definition) is 0. The highest BCUT2D eigenvalue weighted by Crippen LogP contribution is 2.28. The van der Waals surface area contributed by atoms with Crippen molar-refractivity contribution in [3.05, 3.63) is 64.7 Å². The first-order chi connectivity index (χ1) is 11.5. The SMILES string of the molecule is COc1ccc(/C=C/C(=O)N(C)Cc2ccc(Cl)cc2)cc1OC. The molecule has 0 radical (unpaired) electrons. The highest BCUT2D eigenvalue weighted by atomic mass is 35.5. The third-order valence-electron chi connectivity index (χ3n) is 3.54. The molecule has 0 aliphatic rings. The highest BCUT2D eigenvalue weighted by Gasteiger charge is 2.07. The minimum Gasteiger partial charge on any atom is -0.493 e. The lowest BCUT2D eigenvalue weighted by Crippen LogP contribution is -2.24. The molecule has 126 valence electrons. The van der Waals surface area contributed by atoms with E-state index in [2.05, 4.69) is 0 Å². The molecule has 0 atom stereocenters. The molecule has 2 aromatic rings. The fraction of sp³-hybridized carbons (Fsp3) is 0.211. The normalized spacial score (nSPS) is 10.7. The van der Waals surface area contributed by atoms with Gasteiger partial charge in [0.25, 0.3) is 0 Å². The zero-order valence-corrected chi connectivity index (χ0v) is 14.7. The molecule has 0 aromatic heterocycles. The maximum absolute atomic E-state index is 12.2. The lowest BCUT2D eigenvalue weighted by molar-refractivity contribution is -0.125. The Morgan fingerprint density at radius 1 is 1.08 bits per heavy atom. The Hall–Kier alpha value is -2.46. The van der Waals surface area contributed by atoms with E-state index in [9.17, 15) is 4.79 Å². The summed E-state index contributed by atoms with van der Waals surface area (Å²) in [7, 11) is 4.93. The van der Waals surface area contributed by atoms with Gasteiger partial charge < -0.3 is 14.4 Å². The number of halogens is 1. The Kier molecular flexibility index (Phi) is 6.27. The zero-order valence-electron chi connectivity index (χ0n) is 14.0. The minimum atomic E-state index is -0.0836. The summed E-state index contributed by atoms with van der Waals surface area (Å²) in [6.07, 6.45) is 3.29. The minimum absolute atomic E-state index is 0.0836. The molecular weight excluding hydrogens is 326 g/mol. The number of rotatable bonds is 6. The Balaban J connectivity index is 2.02. The monoisotopic (exact) mass is 345 g/mol. The smallest absolute Gasteiger partial charge is 0.246 e. The summed E-state index contributed by atoms with van der Waals surface area (Å²) in [4.78, 5) is 13.9. The number of hydrogen-bond acceptors (Lipinski definition) is 3. The van der Waals surface area contributed by atoms with Crippen LogP contribution in [0, 0.1) is 0 Å². The standard InChI is InChI=1S/C19H20ClNO3/c1-21(13-15-4-8-16(20)9-5-15)19(22)11-7-14-6-10-17(23-2)18(12-14)24-3/h4-12H,13H2,1-3H3/b11-7+. The molecule has 0 bridgehead atoms. The van der Waals surface area contributed by atoms with Crippen LogP contribution in [-0.4, -0.2) is 32.1 Å². The van der Waals surface area contributed by atoms with E-state index in [4.69, 9.17) is 21.1 Å². The molecule has 0 aliphatic heterocycles. The van der Waals surface area contributed by atoms with Gasteiger partial charge in [-0.15, -0.1) is 0 Å². The molecule has 1 amide bonds. The van der Waals surface area contributed by atoms with Crippen molar-refractivity contribution in [3.63, 3.8) is 0 Å². The Bertz CT molecular complexity index is 726. The first-order valence-corrected chi connectivity index (χ1v) is 7.81. The van der Waals surface area contributed by atoms with E-state index in [0.717, 1.165) is 11.1 Å². The molecule has 0 N–H and O–H groups in total. The average Bonchev–Trinajstić information content (AvgIpc) is 2.61. The summed E-state index contributed by atoms with van der Waals surface area (Å²) >= 11 is 5.86. The van der Waals surface area contributed by atoms with Crippen molar-refractivity contribution < 1.29 is 14.3 Å². The molecule has 24 heavy (non-hydrogen) atoms. The van der Waals surface area contributed by atoms with Crippen molar-refractivity contribution in [2.75, 3.05) is 21.3 Å². The highest BCUT2D eigenvalue weighted by molar-refractivity contribution is 6.30. The van der Waals surface area contributed by atoms with Crippen LogP contribution in [0.15, 0.2) is 48.5 Å². The van der Waals surface area contributed by atoms with E-state index in [1.165, 1.54) is 6.08 Å². The largest absolute Gasteiger partial charge is 0.493 e. The van der Waals surface area contributed by atoms with E-state index >= 15 is 0 Å². The van der Waals surface area contributed by atoms with Gasteiger partial charge in [-0.3, -0.25) is 4.79 Å². The number of ether oxygens (including phenoxy) is 2. The maximum atomic E-state index is 12.2. The Labute approximate surface area is 147 Å². The number of methoxy groups -OCH3 is 2. The van der Waals surface area contributed by atoms with E-state index in [1.807, 2.05) is 36.4 Å². The molecule has 4 nitrogen and oxygen atoms in total. The summed E-state index contributed by atoms with van der Waals surface area (Å²) in [6.45, 7) is 0.520. The number of nitrogens with zero attached hydrogens (tertiary/aromatic N) is 1. The van der Waals surface area contributed by atoms with Gasteiger partial charge in [0, 0.05) is 24.7 Å². The van der Waals surface area contributed by atoms with Crippen LogP contribution in [0.3, 0.4) is 0 Å². The second-order valence-corrected chi connectivity index (χ2v) is 5.70. The number of likely N-dealkylation sites (N-methyl/N-ethyl adjacent to an activating group) is 1. The quantitative estimate of drug-likeness (QED) is 0.742. The fourth-order valence-electron chi connectivity index (χ4n) is 2.19. The molecule has 0 saturated heterocycles. The van der Waals surface area contributed by atoms with E-state index in [1.54, 1.807) is 38.3 Å². The zero-order chi connectivity index (χ0) is 17.5. The fourth-order valence-corrected chi connectivity index (χ4v) is 2.32. The van der Waals surface area contributed by atoms with Gasteiger partial charge in [0.05, 0.1) is 14.2 Å². The number of benzene rings is 2. The van der Waals surface area contributed by atoms with Crippen LogP contribution in [0.5, 0.6) is 11.5 Å². The van der Waals surface area contributed by atoms with Gasteiger partial charge in [0.2, 0.25) is 5.91 Å². The summed E-state index contributed by atoms with van der Waals surface area (Å²) < 4.78 is 10.5. The first-order valence-electron chi connectivity index (χ1n) is 7.43. The second kappa shape index (κ2) is 8.41. The molecular formula is C19H20ClNO3. The van der Waals surface area contributed by atoms with Gasteiger partial charge >= 0.3 is 0 Å². The molecule has 0 saturated carbocycles. The van der Waals surface area contributed by atoms with Crippen molar-refractivity contribution in [1.82, 2.24) is 4.90 Å². The topological polar surface area (TPSA) is 38.8 Å². The van der Waals surface area contributed by atoms with Crippen LogP contribution in [0.4, 0.5) is 0 Å². The molecule has 0 heterocycles. The predicted octanol–water partition coefficient (Wildman–Crippen LogP) is 4.03. The first kappa shape index (κ1) is 17.9. The summed E-state index contributed by atoms with van der Waals surface area (Å²) in [5, 5.41) is 0.682. The molecule has 2 aromatic carbocycles. The van der Waals surface area contributed by atoms with Gasteiger partial charge in [0.1, 0.15) is 0 Å². The van der Waals surface area contributed by atoms with Gasteiger partial charge in [-0.1, -0.05) is 29.8 Å². The van der Waals surface area contributed by atoms with Crippen LogP contribution in [0.25, 0.3) is 6.08 Å². The van der Waals surface area contributed by atoms with Crippen molar-refractivity contribution in [3.8, 4) is 11.5 Å². The molecule has 2 rings (SSSR count).